The van der Waals surface area contributed by atoms with Crippen LogP contribution in [-0.2, 0) is 0 Å². The van der Waals surface area contributed by atoms with E-state index in [0.29, 0.717) is 6.10 Å². The summed E-state index contributed by atoms with van der Waals surface area (Å²) in [6.45, 7) is 4.39. The van der Waals surface area contributed by atoms with Crippen LogP contribution in [0.25, 0.3) is 0 Å². The van der Waals surface area contributed by atoms with Crippen molar-refractivity contribution in [2.45, 2.75) is 45.6 Å². The van der Waals surface area contributed by atoms with E-state index in [4.69, 9.17) is 9.47 Å². The van der Waals surface area contributed by atoms with Crippen molar-refractivity contribution < 1.29 is 9.47 Å². The molecular weight excluding hydrogens is 212 g/mol. The van der Waals surface area contributed by atoms with E-state index >= 15 is 0 Å². The highest BCUT2D eigenvalue weighted by Gasteiger charge is 2.20. The molecule has 17 heavy (non-hydrogen) atoms. The Labute approximate surface area is 104 Å². The van der Waals surface area contributed by atoms with Crippen LogP contribution in [0.3, 0.4) is 0 Å². The quantitative estimate of drug-likeness (QED) is 0.788. The molecule has 94 valence electrons. The Kier molecular flexibility index (Phi) is 3.93. The van der Waals surface area contributed by atoms with Crippen molar-refractivity contribution in [3.05, 3.63) is 23.8 Å². The molecule has 1 aliphatic carbocycles. The molecule has 0 spiro atoms. The first-order valence-corrected chi connectivity index (χ1v) is 6.50. The Morgan fingerprint density at radius 3 is 2.41 bits per heavy atom. The lowest BCUT2D eigenvalue weighted by Gasteiger charge is -2.27. The van der Waals surface area contributed by atoms with Crippen LogP contribution in [-0.4, -0.2) is 13.2 Å². The van der Waals surface area contributed by atoms with Crippen LogP contribution in [0.5, 0.6) is 11.5 Å². The molecule has 2 rings (SSSR count). The first kappa shape index (κ1) is 12.3. The lowest BCUT2D eigenvalue weighted by molar-refractivity contribution is 0.131. The molecule has 2 nitrogen and oxygen atoms in total. The second-order valence-corrected chi connectivity index (χ2v) is 5.15. The van der Waals surface area contributed by atoms with Crippen molar-refractivity contribution in [2.75, 3.05) is 7.11 Å². The van der Waals surface area contributed by atoms with Gasteiger partial charge in [0.2, 0.25) is 0 Å². The van der Waals surface area contributed by atoms with Crippen LogP contribution in [0, 0.1) is 12.8 Å². The van der Waals surface area contributed by atoms with Gasteiger partial charge in [0.15, 0.2) is 11.5 Å². The van der Waals surface area contributed by atoms with E-state index in [2.05, 4.69) is 19.9 Å². The summed E-state index contributed by atoms with van der Waals surface area (Å²) >= 11 is 0. The van der Waals surface area contributed by atoms with Gasteiger partial charge in [-0.05, 0) is 56.2 Å². The van der Waals surface area contributed by atoms with Gasteiger partial charge < -0.3 is 9.47 Å². The second kappa shape index (κ2) is 5.44. The molecule has 0 saturated heterocycles. The molecule has 0 heterocycles. The van der Waals surface area contributed by atoms with Gasteiger partial charge in [0.1, 0.15) is 0 Å². The summed E-state index contributed by atoms with van der Waals surface area (Å²) in [5.74, 6) is 2.59. The third-order valence-corrected chi connectivity index (χ3v) is 3.58. The van der Waals surface area contributed by atoms with Gasteiger partial charge in [-0.2, -0.15) is 0 Å². The Morgan fingerprint density at radius 1 is 1.06 bits per heavy atom. The normalized spacial score (nSPS) is 24.4. The predicted molar refractivity (Wildman–Crippen MR) is 69.8 cm³/mol. The molecule has 1 aromatic rings. The van der Waals surface area contributed by atoms with E-state index in [0.717, 1.165) is 30.3 Å². The van der Waals surface area contributed by atoms with Crippen molar-refractivity contribution in [1.82, 2.24) is 0 Å². The van der Waals surface area contributed by atoms with Crippen LogP contribution in [0.15, 0.2) is 18.2 Å². The Morgan fingerprint density at radius 2 is 1.76 bits per heavy atom. The van der Waals surface area contributed by atoms with Crippen molar-refractivity contribution in [1.29, 1.82) is 0 Å². The summed E-state index contributed by atoms with van der Waals surface area (Å²) in [6.07, 6.45) is 5.25. The monoisotopic (exact) mass is 234 g/mol. The molecule has 2 heteroatoms. The lowest BCUT2D eigenvalue weighted by Crippen LogP contribution is -2.23. The molecule has 0 radical (unpaired) electrons. The molecule has 1 fully saturated rings. The van der Waals surface area contributed by atoms with Crippen molar-refractivity contribution in [2.24, 2.45) is 5.92 Å². The zero-order valence-electron chi connectivity index (χ0n) is 11.0. The number of benzene rings is 1. The van der Waals surface area contributed by atoms with Crippen LogP contribution >= 0.6 is 0 Å². The molecule has 0 unspecified atom stereocenters. The molecule has 1 saturated carbocycles. The summed E-state index contributed by atoms with van der Waals surface area (Å²) in [5, 5.41) is 0. The van der Waals surface area contributed by atoms with E-state index in [1.807, 2.05) is 12.1 Å². The number of hydrogen-bond acceptors (Lipinski definition) is 2. The smallest absolute Gasteiger partial charge is 0.161 e. The Hall–Kier alpha value is -1.18. The molecule has 1 aliphatic rings. The fraction of sp³-hybridized carbons (Fsp3) is 0.600. The zero-order valence-corrected chi connectivity index (χ0v) is 11.0. The van der Waals surface area contributed by atoms with Gasteiger partial charge >= 0.3 is 0 Å². The number of ether oxygens (including phenoxy) is 2. The average Bonchev–Trinajstić information content (AvgIpc) is 2.34. The highest BCUT2D eigenvalue weighted by Crippen LogP contribution is 2.32. The minimum Gasteiger partial charge on any atom is -0.493 e. The predicted octanol–water partition coefficient (Wildman–Crippen LogP) is 3.96. The van der Waals surface area contributed by atoms with E-state index in [1.165, 1.54) is 18.4 Å². The molecule has 0 bridgehead atoms. The summed E-state index contributed by atoms with van der Waals surface area (Å²) in [6, 6.07) is 6.12. The number of aryl methyl sites for hydroxylation is 1. The Balaban J connectivity index is 2.03. The molecule has 0 N–H and O–H groups in total. The van der Waals surface area contributed by atoms with Gasteiger partial charge in [-0.1, -0.05) is 13.0 Å². The van der Waals surface area contributed by atoms with Gasteiger partial charge in [0, 0.05) is 0 Å². The summed E-state index contributed by atoms with van der Waals surface area (Å²) in [7, 11) is 1.70. The third-order valence-electron chi connectivity index (χ3n) is 3.58. The number of rotatable bonds is 3. The average molecular weight is 234 g/mol. The van der Waals surface area contributed by atoms with E-state index < -0.39 is 0 Å². The first-order valence-electron chi connectivity index (χ1n) is 6.50. The van der Waals surface area contributed by atoms with E-state index in [9.17, 15) is 0 Å². The highest BCUT2D eigenvalue weighted by atomic mass is 16.5. The van der Waals surface area contributed by atoms with E-state index in [-0.39, 0.29) is 0 Å². The third kappa shape index (κ3) is 3.15. The molecule has 0 aliphatic heterocycles. The molecule has 0 amide bonds. The fourth-order valence-corrected chi connectivity index (χ4v) is 2.40. The van der Waals surface area contributed by atoms with Gasteiger partial charge in [-0.3, -0.25) is 0 Å². The largest absolute Gasteiger partial charge is 0.493 e. The van der Waals surface area contributed by atoms with Crippen molar-refractivity contribution in [3.63, 3.8) is 0 Å². The van der Waals surface area contributed by atoms with Gasteiger partial charge in [-0.25, -0.2) is 0 Å². The van der Waals surface area contributed by atoms with Gasteiger partial charge in [0.05, 0.1) is 13.2 Å². The van der Waals surface area contributed by atoms with E-state index in [1.54, 1.807) is 7.11 Å². The maximum atomic E-state index is 6.06. The fourth-order valence-electron chi connectivity index (χ4n) is 2.40. The zero-order chi connectivity index (χ0) is 12.3. The summed E-state index contributed by atoms with van der Waals surface area (Å²) in [4.78, 5) is 0. The van der Waals surface area contributed by atoms with Crippen LogP contribution in [0.2, 0.25) is 0 Å². The van der Waals surface area contributed by atoms with Gasteiger partial charge in [0.25, 0.3) is 0 Å². The number of methoxy groups -OCH3 is 1. The second-order valence-electron chi connectivity index (χ2n) is 5.15. The minimum atomic E-state index is 0.364. The van der Waals surface area contributed by atoms with Crippen molar-refractivity contribution >= 4 is 0 Å². The van der Waals surface area contributed by atoms with Crippen LogP contribution in [0.4, 0.5) is 0 Å². The standard InChI is InChI=1S/C15H22O2/c1-11-4-7-13(8-5-11)17-14-9-6-12(2)10-15(14)16-3/h6,9-11,13H,4-5,7-8H2,1-3H3. The molecule has 0 atom stereocenters. The van der Waals surface area contributed by atoms with Crippen LogP contribution in [0.1, 0.15) is 38.2 Å². The molecule has 1 aromatic carbocycles. The molecular formula is C15H22O2. The molecule has 0 aromatic heterocycles. The Bertz CT molecular complexity index is 365. The summed E-state index contributed by atoms with van der Waals surface area (Å²) < 4.78 is 11.4. The highest BCUT2D eigenvalue weighted by molar-refractivity contribution is 5.42. The van der Waals surface area contributed by atoms with Crippen molar-refractivity contribution in [3.8, 4) is 11.5 Å². The lowest BCUT2D eigenvalue weighted by atomic mass is 9.89. The SMILES string of the molecule is COc1cc(C)ccc1OC1CCC(C)CC1. The van der Waals surface area contributed by atoms with Crippen LogP contribution < -0.4 is 9.47 Å². The first-order chi connectivity index (χ1) is 8.19. The van der Waals surface area contributed by atoms with Gasteiger partial charge in [-0.15, -0.1) is 0 Å². The minimum absolute atomic E-state index is 0.364. The maximum Gasteiger partial charge on any atom is 0.161 e. The maximum absolute atomic E-state index is 6.06. The topological polar surface area (TPSA) is 18.5 Å². The number of hydrogen-bond donors (Lipinski definition) is 0. The summed E-state index contributed by atoms with van der Waals surface area (Å²) in [5.41, 5.74) is 1.20.